The van der Waals surface area contributed by atoms with Gasteiger partial charge in [-0.2, -0.15) is 0 Å². The molecule has 0 atom stereocenters. The van der Waals surface area contributed by atoms with E-state index >= 15 is 0 Å². The molecule has 1 saturated heterocycles. The molecule has 0 aliphatic carbocycles. The lowest BCUT2D eigenvalue weighted by Gasteiger charge is -2.30. The van der Waals surface area contributed by atoms with Crippen LogP contribution in [0.2, 0.25) is 0 Å². The van der Waals surface area contributed by atoms with Gasteiger partial charge in [-0.25, -0.2) is 0 Å². The van der Waals surface area contributed by atoms with E-state index in [1.807, 2.05) is 11.8 Å². The van der Waals surface area contributed by atoms with Gasteiger partial charge in [0.2, 0.25) is 11.8 Å². The molecular formula is C19H28N2O2. The molecule has 1 aliphatic heterocycles. The van der Waals surface area contributed by atoms with Crippen molar-refractivity contribution >= 4 is 17.5 Å². The lowest BCUT2D eigenvalue weighted by Crippen LogP contribution is -2.40. The molecule has 126 valence electrons. The number of nitrogens with one attached hydrogen (secondary N) is 1. The maximum Gasteiger partial charge on any atom is 0.227 e. The number of piperidine rings is 1. The third-order valence-corrected chi connectivity index (χ3v) is 4.67. The quantitative estimate of drug-likeness (QED) is 0.908. The van der Waals surface area contributed by atoms with E-state index in [9.17, 15) is 9.59 Å². The number of rotatable bonds is 2. The van der Waals surface area contributed by atoms with Crippen LogP contribution in [-0.2, 0) is 15.0 Å². The summed E-state index contributed by atoms with van der Waals surface area (Å²) in [7, 11) is 0. The average molecular weight is 316 g/mol. The summed E-state index contributed by atoms with van der Waals surface area (Å²) in [5.74, 6) is 0.156. The largest absolute Gasteiger partial charge is 0.343 e. The molecule has 2 amide bonds. The summed E-state index contributed by atoms with van der Waals surface area (Å²) in [4.78, 5) is 25.7. The van der Waals surface area contributed by atoms with Crippen LogP contribution < -0.4 is 5.32 Å². The number of benzene rings is 1. The smallest absolute Gasteiger partial charge is 0.227 e. The maximum atomic E-state index is 12.5. The van der Waals surface area contributed by atoms with Crippen LogP contribution >= 0.6 is 0 Å². The van der Waals surface area contributed by atoms with Crippen LogP contribution in [0.3, 0.4) is 0 Å². The van der Waals surface area contributed by atoms with Gasteiger partial charge in [-0.1, -0.05) is 32.9 Å². The average Bonchev–Trinajstić information content (AvgIpc) is 2.48. The summed E-state index contributed by atoms with van der Waals surface area (Å²) in [6.45, 7) is 11.5. The Kier molecular flexibility index (Phi) is 5.12. The van der Waals surface area contributed by atoms with Gasteiger partial charge in [0, 0.05) is 31.6 Å². The summed E-state index contributed by atoms with van der Waals surface area (Å²) >= 11 is 0. The second kappa shape index (κ2) is 6.73. The minimum Gasteiger partial charge on any atom is -0.343 e. The molecule has 1 N–H and O–H groups in total. The van der Waals surface area contributed by atoms with Gasteiger partial charge in [0.15, 0.2) is 0 Å². The van der Waals surface area contributed by atoms with E-state index in [4.69, 9.17) is 0 Å². The molecule has 1 fully saturated rings. The number of aryl methyl sites for hydroxylation is 1. The topological polar surface area (TPSA) is 49.4 Å². The standard InChI is InChI=1S/C19H28N2O2/c1-13-6-7-16(19(3,4)5)12-17(13)20-18(23)15-8-10-21(11-9-15)14(2)22/h6-7,12,15H,8-11H2,1-5H3,(H,20,23). The molecule has 0 bridgehead atoms. The van der Waals surface area contributed by atoms with Crippen molar-refractivity contribution in [1.82, 2.24) is 4.90 Å². The Balaban J connectivity index is 2.05. The zero-order valence-corrected chi connectivity index (χ0v) is 14.9. The first kappa shape index (κ1) is 17.5. The molecule has 0 spiro atoms. The molecule has 1 aromatic carbocycles. The number of hydrogen-bond donors (Lipinski definition) is 1. The third-order valence-electron chi connectivity index (χ3n) is 4.67. The van der Waals surface area contributed by atoms with Crippen LogP contribution in [0.4, 0.5) is 5.69 Å². The predicted octanol–water partition coefficient (Wildman–Crippen LogP) is 3.49. The van der Waals surface area contributed by atoms with Gasteiger partial charge in [0.1, 0.15) is 0 Å². The minimum atomic E-state index is -0.0108. The second-order valence-electron chi connectivity index (χ2n) is 7.55. The lowest BCUT2D eigenvalue weighted by molar-refractivity contribution is -0.132. The fraction of sp³-hybridized carbons (Fsp3) is 0.579. The van der Waals surface area contributed by atoms with Gasteiger partial charge in [-0.15, -0.1) is 0 Å². The fourth-order valence-corrected chi connectivity index (χ4v) is 2.91. The highest BCUT2D eigenvalue weighted by molar-refractivity contribution is 5.93. The monoisotopic (exact) mass is 316 g/mol. The van der Waals surface area contributed by atoms with E-state index < -0.39 is 0 Å². The van der Waals surface area contributed by atoms with E-state index in [1.54, 1.807) is 6.92 Å². The Labute approximate surface area is 139 Å². The van der Waals surface area contributed by atoms with Crippen LogP contribution in [0.25, 0.3) is 0 Å². The molecule has 2 rings (SSSR count). The summed E-state index contributed by atoms with van der Waals surface area (Å²) in [5.41, 5.74) is 3.24. The molecule has 23 heavy (non-hydrogen) atoms. The number of nitrogens with zero attached hydrogens (tertiary/aromatic N) is 1. The van der Waals surface area contributed by atoms with Crippen molar-refractivity contribution in [3.05, 3.63) is 29.3 Å². The Morgan fingerprint density at radius 1 is 1.17 bits per heavy atom. The van der Waals surface area contributed by atoms with Crippen LogP contribution in [0.1, 0.15) is 51.7 Å². The van der Waals surface area contributed by atoms with Gasteiger partial charge in [0.05, 0.1) is 0 Å². The first-order valence-corrected chi connectivity index (χ1v) is 8.36. The number of likely N-dealkylation sites (tertiary alicyclic amines) is 1. The fourth-order valence-electron chi connectivity index (χ4n) is 2.91. The first-order chi connectivity index (χ1) is 10.7. The summed E-state index contributed by atoms with van der Waals surface area (Å²) in [6.07, 6.45) is 1.48. The Morgan fingerprint density at radius 3 is 2.30 bits per heavy atom. The predicted molar refractivity (Wildman–Crippen MR) is 93.5 cm³/mol. The van der Waals surface area contributed by atoms with Gasteiger partial charge in [-0.3, -0.25) is 9.59 Å². The van der Waals surface area contributed by atoms with Crippen molar-refractivity contribution in [2.24, 2.45) is 5.92 Å². The Hall–Kier alpha value is -1.84. The van der Waals surface area contributed by atoms with E-state index in [0.29, 0.717) is 13.1 Å². The summed E-state index contributed by atoms with van der Waals surface area (Å²) < 4.78 is 0. The second-order valence-corrected chi connectivity index (χ2v) is 7.55. The number of carbonyl (C=O) groups excluding carboxylic acids is 2. The molecular weight excluding hydrogens is 288 g/mol. The highest BCUT2D eigenvalue weighted by Gasteiger charge is 2.26. The van der Waals surface area contributed by atoms with E-state index in [2.05, 4.69) is 44.3 Å². The van der Waals surface area contributed by atoms with E-state index in [-0.39, 0.29) is 23.1 Å². The van der Waals surface area contributed by atoms with Gasteiger partial charge >= 0.3 is 0 Å². The highest BCUT2D eigenvalue weighted by atomic mass is 16.2. The number of carbonyl (C=O) groups is 2. The summed E-state index contributed by atoms with van der Waals surface area (Å²) in [6, 6.07) is 6.27. The SMILES string of the molecule is CC(=O)N1CCC(C(=O)Nc2cc(C(C)(C)C)ccc2C)CC1. The molecule has 0 saturated carbocycles. The molecule has 1 aromatic rings. The van der Waals surface area contributed by atoms with Gasteiger partial charge in [-0.05, 0) is 42.4 Å². The lowest BCUT2D eigenvalue weighted by atomic mass is 9.86. The van der Waals surface area contributed by atoms with Crippen molar-refractivity contribution in [3.63, 3.8) is 0 Å². The maximum absolute atomic E-state index is 12.5. The highest BCUT2D eigenvalue weighted by Crippen LogP contribution is 2.28. The van der Waals surface area contributed by atoms with E-state index in [0.717, 1.165) is 24.1 Å². The summed E-state index contributed by atoms with van der Waals surface area (Å²) in [5, 5.41) is 3.09. The normalized spacial score (nSPS) is 16.3. The molecule has 4 nitrogen and oxygen atoms in total. The van der Waals surface area contributed by atoms with Crippen molar-refractivity contribution < 1.29 is 9.59 Å². The number of hydrogen-bond acceptors (Lipinski definition) is 2. The third kappa shape index (κ3) is 4.34. The number of amides is 2. The Bertz CT molecular complexity index is 594. The molecule has 0 aromatic heterocycles. The van der Waals surface area contributed by atoms with Crippen molar-refractivity contribution in [2.45, 2.75) is 52.9 Å². The van der Waals surface area contributed by atoms with Gasteiger partial charge in [0.25, 0.3) is 0 Å². The van der Waals surface area contributed by atoms with Crippen LogP contribution in [0.15, 0.2) is 18.2 Å². The van der Waals surface area contributed by atoms with Crippen LogP contribution in [-0.4, -0.2) is 29.8 Å². The van der Waals surface area contributed by atoms with Crippen LogP contribution in [0, 0.1) is 12.8 Å². The minimum absolute atomic E-state index is 0.0108. The number of anilines is 1. The molecule has 0 unspecified atom stereocenters. The van der Waals surface area contributed by atoms with Crippen LogP contribution in [0.5, 0.6) is 0 Å². The zero-order chi connectivity index (χ0) is 17.2. The molecule has 0 radical (unpaired) electrons. The Morgan fingerprint density at radius 2 is 1.78 bits per heavy atom. The molecule has 4 heteroatoms. The zero-order valence-electron chi connectivity index (χ0n) is 14.9. The molecule has 1 aliphatic rings. The first-order valence-electron chi connectivity index (χ1n) is 8.36. The van der Waals surface area contributed by atoms with Crippen molar-refractivity contribution in [1.29, 1.82) is 0 Å². The van der Waals surface area contributed by atoms with Crippen molar-refractivity contribution in [3.8, 4) is 0 Å². The van der Waals surface area contributed by atoms with Gasteiger partial charge < -0.3 is 10.2 Å². The van der Waals surface area contributed by atoms with E-state index in [1.165, 1.54) is 5.56 Å². The molecule has 1 heterocycles. The van der Waals surface area contributed by atoms with Crippen molar-refractivity contribution in [2.75, 3.05) is 18.4 Å².